The number of aromatic nitrogens is 2. The van der Waals surface area contributed by atoms with Crippen molar-refractivity contribution in [1.82, 2.24) is 15.1 Å². The first-order chi connectivity index (χ1) is 17.1. The number of carbonyl (C=O) groups is 2. The molecule has 1 N–H and O–H groups in total. The zero-order valence-corrected chi connectivity index (χ0v) is 22.0. The van der Waals surface area contributed by atoms with Gasteiger partial charge in [-0.15, -0.1) is 11.8 Å². The molecule has 0 spiro atoms. The third-order valence-corrected chi connectivity index (χ3v) is 7.74. The Bertz CT molecular complexity index is 1330. The molecule has 5 rings (SSSR count). The van der Waals surface area contributed by atoms with Gasteiger partial charge in [-0.25, -0.2) is 9.07 Å². The molecule has 2 aliphatic rings. The van der Waals surface area contributed by atoms with Gasteiger partial charge in [-0.1, -0.05) is 50.6 Å². The van der Waals surface area contributed by atoms with Crippen molar-refractivity contribution >= 4 is 41.0 Å². The van der Waals surface area contributed by atoms with Gasteiger partial charge in [0, 0.05) is 22.0 Å². The van der Waals surface area contributed by atoms with Crippen LogP contribution in [0.25, 0.3) is 5.69 Å². The molecule has 36 heavy (non-hydrogen) atoms. The summed E-state index contributed by atoms with van der Waals surface area (Å²) < 4.78 is 16.0. The highest BCUT2D eigenvalue weighted by Gasteiger charge is 2.40. The summed E-state index contributed by atoms with van der Waals surface area (Å²) in [4.78, 5) is 28.0. The number of hydrogen-bond acceptors (Lipinski definition) is 4. The van der Waals surface area contributed by atoms with E-state index in [2.05, 4.69) is 26.1 Å². The normalized spacial score (nSPS) is 18.1. The van der Waals surface area contributed by atoms with Crippen molar-refractivity contribution in [2.75, 3.05) is 17.2 Å². The summed E-state index contributed by atoms with van der Waals surface area (Å²) in [6.45, 7) is 6.06. The average Bonchev–Trinajstić information content (AvgIpc) is 3.55. The van der Waals surface area contributed by atoms with Crippen molar-refractivity contribution in [2.24, 2.45) is 0 Å². The van der Waals surface area contributed by atoms with Crippen LogP contribution in [0.4, 0.5) is 10.2 Å². The van der Waals surface area contributed by atoms with Gasteiger partial charge in [-0.3, -0.25) is 14.5 Å². The number of halogens is 2. The van der Waals surface area contributed by atoms with Crippen LogP contribution >= 0.6 is 23.4 Å². The van der Waals surface area contributed by atoms with Crippen LogP contribution in [0.3, 0.4) is 0 Å². The Morgan fingerprint density at radius 1 is 1.19 bits per heavy atom. The Balaban J connectivity index is 1.75. The Morgan fingerprint density at radius 3 is 2.61 bits per heavy atom. The fraction of sp³-hybridized carbons (Fsp3) is 0.370. The minimum absolute atomic E-state index is 0.116. The number of thioether (sulfide) groups is 1. The summed E-state index contributed by atoms with van der Waals surface area (Å²) in [5.74, 6) is -0.0779. The molecule has 1 aliphatic carbocycles. The maximum atomic E-state index is 14.3. The van der Waals surface area contributed by atoms with Crippen LogP contribution in [-0.4, -0.2) is 39.9 Å². The van der Waals surface area contributed by atoms with Crippen LogP contribution in [0, 0.1) is 5.82 Å². The SMILES string of the molecule is CC(C)(C)c1nn(-c2cccc(Cl)c2)c2c1[C@H](c1cccc(F)c1)SCC(=O)N2CC(=O)NC1CC1. The number of benzene rings is 2. The third-order valence-electron chi connectivity index (χ3n) is 6.25. The maximum Gasteiger partial charge on any atom is 0.240 e. The maximum absolute atomic E-state index is 14.3. The highest BCUT2D eigenvalue weighted by molar-refractivity contribution is 8.00. The number of fused-ring (bicyclic) bond motifs is 1. The minimum Gasteiger partial charge on any atom is -0.352 e. The van der Waals surface area contributed by atoms with Gasteiger partial charge in [0.25, 0.3) is 0 Å². The monoisotopic (exact) mass is 526 g/mol. The zero-order chi connectivity index (χ0) is 25.6. The lowest BCUT2D eigenvalue weighted by molar-refractivity contribution is -0.123. The molecule has 1 saturated carbocycles. The van der Waals surface area contributed by atoms with Crippen LogP contribution in [0.15, 0.2) is 48.5 Å². The van der Waals surface area contributed by atoms with E-state index in [0.29, 0.717) is 16.5 Å². The van der Waals surface area contributed by atoms with E-state index < -0.39 is 5.41 Å². The molecule has 1 fully saturated rings. The number of hydrogen-bond donors (Lipinski definition) is 1. The molecule has 188 valence electrons. The summed E-state index contributed by atoms with van der Waals surface area (Å²) in [5.41, 5.74) is 2.62. The fourth-order valence-electron chi connectivity index (χ4n) is 4.44. The minimum atomic E-state index is -0.393. The van der Waals surface area contributed by atoms with Gasteiger partial charge >= 0.3 is 0 Å². The number of rotatable bonds is 5. The van der Waals surface area contributed by atoms with E-state index in [1.165, 1.54) is 28.8 Å². The lowest BCUT2D eigenvalue weighted by Crippen LogP contribution is -2.43. The highest BCUT2D eigenvalue weighted by atomic mass is 35.5. The Kier molecular flexibility index (Phi) is 6.59. The van der Waals surface area contributed by atoms with Crippen LogP contribution in [0.2, 0.25) is 5.02 Å². The topological polar surface area (TPSA) is 67.2 Å². The predicted molar refractivity (Wildman–Crippen MR) is 141 cm³/mol. The van der Waals surface area contributed by atoms with Crippen molar-refractivity contribution in [1.29, 1.82) is 0 Å². The number of nitrogens with zero attached hydrogens (tertiary/aromatic N) is 3. The van der Waals surface area contributed by atoms with E-state index in [4.69, 9.17) is 16.7 Å². The van der Waals surface area contributed by atoms with E-state index >= 15 is 0 Å². The molecule has 1 aromatic heterocycles. The van der Waals surface area contributed by atoms with Gasteiger partial charge in [0.2, 0.25) is 11.8 Å². The molecule has 0 radical (unpaired) electrons. The highest BCUT2D eigenvalue weighted by Crippen LogP contribution is 2.48. The third kappa shape index (κ3) is 5.02. The zero-order valence-electron chi connectivity index (χ0n) is 20.4. The second-order valence-corrected chi connectivity index (χ2v) is 11.8. The van der Waals surface area contributed by atoms with E-state index in [9.17, 15) is 14.0 Å². The molecule has 9 heteroatoms. The molecule has 1 atom stereocenters. The van der Waals surface area contributed by atoms with Crippen molar-refractivity contribution in [2.45, 2.75) is 50.3 Å². The second-order valence-electron chi connectivity index (χ2n) is 10.3. The Morgan fingerprint density at radius 2 is 1.94 bits per heavy atom. The van der Waals surface area contributed by atoms with Gasteiger partial charge in [0.15, 0.2) is 0 Å². The molecular formula is C27H28ClFN4O2S. The largest absolute Gasteiger partial charge is 0.352 e. The molecule has 2 aromatic carbocycles. The van der Waals surface area contributed by atoms with Crippen molar-refractivity contribution < 1.29 is 14.0 Å². The quantitative estimate of drug-likeness (QED) is 0.482. The summed E-state index contributed by atoms with van der Waals surface area (Å²) in [6, 6.07) is 13.9. The Hall–Kier alpha value is -2.84. The van der Waals surface area contributed by atoms with Crippen LogP contribution in [-0.2, 0) is 15.0 Å². The number of nitrogens with one attached hydrogen (secondary N) is 1. The van der Waals surface area contributed by atoms with Crippen LogP contribution in [0.1, 0.15) is 55.7 Å². The Labute approximate surface area is 219 Å². The van der Waals surface area contributed by atoms with Gasteiger partial charge in [-0.2, -0.15) is 5.10 Å². The molecule has 3 aromatic rings. The van der Waals surface area contributed by atoms with E-state index in [0.717, 1.165) is 29.7 Å². The lowest BCUT2D eigenvalue weighted by Gasteiger charge is -2.24. The first-order valence-corrected chi connectivity index (χ1v) is 13.4. The van der Waals surface area contributed by atoms with Gasteiger partial charge in [-0.05, 0) is 48.7 Å². The van der Waals surface area contributed by atoms with E-state index in [1.54, 1.807) is 22.9 Å². The molecule has 1 aliphatic heterocycles. The summed E-state index contributed by atoms with van der Waals surface area (Å²) >= 11 is 7.76. The van der Waals surface area contributed by atoms with Gasteiger partial charge in [0.05, 0.1) is 22.4 Å². The summed E-state index contributed by atoms with van der Waals surface area (Å²) in [6.07, 6.45) is 1.91. The first kappa shape index (κ1) is 24.8. The number of anilines is 1. The average molecular weight is 527 g/mol. The molecule has 2 heterocycles. The fourth-order valence-corrected chi connectivity index (χ4v) is 5.81. The predicted octanol–water partition coefficient (Wildman–Crippen LogP) is 5.41. The lowest BCUT2D eigenvalue weighted by atomic mass is 9.87. The molecular weight excluding hydrogens is 499 g/mol. The van der Waals surface area contributed by atoms with Gasteiger partial charge in [0.1, 0.15) is 18.2 Å². The molecule has 2 amide bonds. The van der Waals surface area contributed by atoms with Gasteiger partial charge < -0.3 is 5.32 Å². The van der Waals surface area contributed by atoms with E-state index in [-0.39, 0.29) is 41.2 Å². The second kappa shape index (κ2) is 9.56. The molecule has 0 saturated heterocycles. The standard InChI is InChI=1S/C27H28ClFN4O2S/c1-27(2,3)25-23-24(16-6-4-8-18(29)12-16)36-15-22(35)32(14-21(34)30-19-10-11-19)26(23)33(31-25)20-9-5-7-17(28)13-20/h4-9,12-13,19,24H,10-11,14-15H2,1-3H3,(H,30,34)/t24-/m0/s1. The number of carbonyl (C=O) groups excluding carboxylic acids is 2. The molecule has 0 unspecified atom stereocenters. The summed E-state index contributed by atoms with van der Waals surface area (Å²) in [5, 5.41) is 8.18. The molecule has 6 nitrogen and oxygen atoms in total. The van der Waals surface area contributed by atoms with Crippen molar-refractivity contribution in [3.05, 3.63) is 76.2 Å². The smallest absolute Gasteiger partial charge is 0.240 e. The first-order valence-electron chi connectivity index (χ1n) is 12.0. The van der Waals surface area contributed by atoms with E-state index in [1.807, 2.05) is 18.2 Å². The van der Waals surface area contributed by atoms with Crippen molar-refractivity contribution in [3.8, 4) is 5.69 Å². The van der Waals surface area contributed by atoms with Crippen LogP contribution < -0.4 is 10.2 Å². The summed E-state index contributed by atoms with van der Waals surface area (Å²) in [7, 11) is 0. The van der Waals surface area contributed by atoms with Crippen molar-refractivity contribution in [3.63, 3.8) is 0 Å². The number of amides is 2. The van der Waals surface area contributed by atoms with Crippen LogP contribution in [0.5, 0.6) is 0 Å². The molecule has 0 bridgehead atoms.